The first-order valence-electron chi connectivity index (χ1n) is 6.57. The number of carbonyl (C=O) groups excluding carboxylic acids is 1. The van der Waals surface area contributed by atoms with E-state index in [1.165, 1.54) is 19.3 Å². The lowest BCUT2D eigenvalue weighted by Gasteiger charge is -2.31. The third kappa shape index (κ3) is 3.54. The highest BCUT2D eigenvalue weighted by Crippen LogP contribution is 2.30. The second-order valence-electron chi connectivity index (χ2n) is 4.93. The van der Waals surface area contributed by atoms with E-state index in [1.807, 2.05) is 7.05 Å². The molecule has 0 aliphatic heterocycles. The summed E-state index contributed by atoms with van der Waals surface area (Å²) in [5.74, 6) is 0. The zero-order chi connectivity index (χ0) is 13.8. The van der Waals surface area contributed by atoms with Gasteiger partial charge in [-0.05, 0) is 25.0 Å². The summed E-state index contributed by atoms with van der Waals surface area (Å²) >= 11 is 12.1. The van der Waals surface area contributed by atoms with Crippen molar-refractivity contribution < 1.29 is 4.79 Å². The molecule has 1 aromatic rings. The van der Waals surface area contributed by atoms with Crippen LogP contribution in [0.2, 0.25) is 10.0 Å². The molecule has 2 rings (SSSR count). The standard InChI is InChI=1S/C14H18Cl2N2O/c1-18(10-6-3-2-4-7-10)14(19)17-13-11(15)8-5-9-12(13)16/h5,8-10H,2-4,6-7H2,1H3,(H,17,19). The van der Waals surface area contributed by atoms with E-state index in [-0.39, 0.29) is 6.03 Å². The number of anilines is 1. The average molecular weight is 301 g/mol. The maximum atomic E-state index is 12.2. The molecule has 0 unspecified atom stereocenters. The molecule has 1 aliphatic carbocycles. The highest BCUT2D eigenvalue weighted by molar-refractivity contribution is 6.39. The molecular formula is C14H18Cl2N2O. The molecule has 5 heteroatoms. The minimum Gasteiger partial charge on any atom is -0.325 e. The molecule has 1 aliphatic rings. The Bertz CT molecular complexity index is 439. The predicted molar refractivity (Wildman–Crippen MR) is 80.1 cm³/mol. The van der Waals surface area contributed by atoms with E-state index in [2.05, 4.69) is 5.32 Å². The van der Waals surface area contributed by atoms with Crippen molar-refractivity contribution in [1.82, 2.24) is 4.90 Å². The van der Waals surface area contributed by atoms with Gasteiger partial charge in [0.05, 0.1) is 15.7 Å². The van der Waals surface area contributed by atoms with Crippen LogP contribution >= 0.6 is 23.2 Å². The number of benzene rings is 1. The quantitative estimate of drug-likeness (QED) is 0.837. The Hall–Kier alpha value is -0.930. The van der Waals surface area contributed by atoms with Crippen LogP contribution in [-0.2, 0) is 0 Å². The molecule has 3 nitrogen and oxygen atoms in total. The Balaban J connectivity index is 2.04. The van der Waals surface area contributed by atoms with Crippen molar-refractivity contribution in [2.24, 2.45) is 0 Å². The van der Waals surface area contributed by atoms with Crippen LogP contribution < -0.4 is 5.32 Å². The van der Waals surface area contributed by atoms with Gasteiger partial charge in [-0.3, -0.25) is 0 Å². The van der Waals surface area contributed by atoms with Crippen LogP contribution in [0.4, 0.5) is 10.5 Å². The molecule has 0 aromatic heterocycles. The maximum absolute atomic E-state index is 12.2. The fraction of sp³-hybridized carbons (Fsp3) is 0.500. The lowest BCUT2D eigenvalue weighted by atomic mass is 9.95. The van der Waals surface area contributed by atoms with Crippen molar-refractivity contribution in [2.75, 3.05) is 12.4 Å². The molecule has 1 N–H and O–H groups in total. The molecule has 0 atom stereocenters. The number of halogens is 2. The molecule has 104 valence electrons. The molecule has 0 radical (unpaired) electrons. The van der Waals surface area contributed by atoms with E-state index in [4.69, 9.17) is 23.2 Å². The second kappa shape index (κ2) is 6.49. The fourth-order valence-corrected chi connectivity index (χ4v) is 2.94. The summed E-state index contributed by atoms with van der Waals surface area (Å²) in [5.41, 5.74) is 0.485. The Labute approximate surface area is 123 Å². The van der Waals surface area contributed by atoms with Gasteiger partial charge in [-0.25, -0.2) is 4.79 Å². The number of amides is 2. The van der Waals surface area contributed by atoms with Gasteiger partial charge in [0.25, 0.3) is 0 Å². The first kappa shape index (κ1) is 14.5. The smallest absolute Gasteiger partial charge is 0.321 e. The first-order chi connectivity index (χ1) is 9.09. The molecular weight excluding hydrogens is 283 g/mol. The minimum atomic E-state index is -0.151. The largest absolute Gasteiger partial charge is 0.325 e. The average Bonchev–Trinajstić information content (AvgIpc) is 2.43. The molecule has 0 spiro atoms. The summed E-state index contributed by atoms with van der Waals surface area (Å²) in [6.07, 6.45) is 5.78. The monoisotopic (exact) mass is 300 g/mol. The van der Waals surface area contributed by atoms with Gasteiger partial charge in [-0.1, -0.05) is 48.5 Å². The van der Waals surface area contributed by atoms with Crippen LogP contribution in [0, 0.1) is 0 Å². The molecule has 0 heterocycles. The summed E-state index contributed by atoms with van der Waals surface area (Å²) in [6, 6.07) is 5.34. The SMILES string of the molecule is CN(C(=O)Nc1c(Cl)cccc1Cl)C1CCCCC1. The lowest BCUT2D eigenvalue weighted by molar-refractivity contribution is 0.186. The van der Waals surface area contributed by atoms with Gasteiger partial charge < -0.3 is 10.2 Å². The number of hydrogen-bond acceptors (Lipinski definition) is 1. The van der Waals surface area contributed by atoms with E-state index in [9.17, 15) is 4.79 Å². The van der Waals surface area contributed by atoms with Crippen LogP contribution in [0.3, 0.4) is 0 Å². The number of para-hydroxylation sites is 1. The number of carbonyl (C=O) groups is 1. The minimum absolute atomic E-state index is 0.151. The third-order valence-corrected chi connectivity index (χ3v) is 4.27. The summed E-state index contributed by atoms with van der Waals surface area (Å²) in [4.78, 5) is 14.0. The van der Waals surface area contributed by atoms with E-state index in [0.717, 1.165) is 12.8 Å². The topological polar surface area (TPSA) is 32.3 Å². The Kier molecular flexibility index (Phi) is 4.94. The van der Waals surface area contributed by atoms with Crippen LogP contribution in [-0.4, -0.2) is 24.0 Å². The fourth-order valence-electron chi connectivity index (χ4n) is 2.45. The van der Waals surface area contributed by atoms with Gasteiger partial charge in [0, 0.05) is 13.1 Å². The highest BCUT2D eigenvalue weighted by atomic mass is 35.5. The number of hydrogen-bond donors (Lipinski definition) is 1. The second-order valence-corrected chi connectivity index (χ2v) is 5.74. The van der Waals surface area contributed by atoms with Crippen molar-refractivity contribution in [1.29, 1.82) is 0 Å². The van der Waals surface area contributed by atoms with Crippen molar-refractivity contribution in [3.05, 3.63) is 28.2 Å². The normalized spacial score (nSPS) is 16.2. The summed E-state index contributed by atoms with van der Waals surface area (Å²) in [5, 5.41) is 3.71. The van der Waals surface area contributed by atoms with Crippen LogP contribution in [0.5, 0.6) is 0 Å². The highest BCUT2D eigenvalue weighted by Gasteiger charge is 2.22. The van der Waals surface area contributed by atoms with Gasteiger partial charge in [-0.2, -0.15) is 0 Å². The van der Waals surface area contributed by atoms with Crippen molar-refractivity contribution in [3.63, 3.8) is 0 Å². The molecule has 0 bridgehead atoms. The number of nitrogens with one attached hydrogen (secondary N) is 1. The number of urea groups is 1. The summed E-state index contributed by atoms with van der Waals surface area (Å²) in [7, 11) is 1.83. The molecule has 19 heavy (non-hydrogen) atoms. The van der Waals surface area contributed by atoms with Gasteiger partial charge >= 0.3 is 6.03 Å². The van der Waals surface area contributed by atoms with Gasteiger partial charge in [0.1, 0.15) is 0 Å². The summed E-state index contributed by atoms with van der Waals surface area (Å²) < 4.78 is 0. The Morgan fingerprint density at radius 3 is 2.37 bits per heavy atom. The Morgan fingerprint density at radius 2 is 1.79 bits per heavy atom. The van der Waals surface area contributed by atoms with Crippen LogP contribution in [0.1, 0.15) is 32.1 Å². The van der Waals surface area contributed by atoms with Gasteiger partial charge in [-0.15, -0.1) is 0 Å². The van der Waals surface area contributed by atoms with E-state index >= 15 is 0 Å². The Morgan fingerprint density at radius 1 is 1.21 bits per heavy atom. The van der Waals surface area contributed by atoms with Crippen LogP contribution in [0.25, 0.3) is 0 Å². The zero-order valence-corrected chi connectivity index (χ0v) is 12.5. The maximum Gasteiger partial charge on any atom is 0.321 e. The number of nitrogens with zero attached hydrogens (tertiary/aromatic N) is 1. The van der Waals surface area contributed by atoms with Crippen molar-refractivity contribution in [3.8, 4) is 0 Å². The summed E-state index contributed by atoms with van der Waals surface area (Å²) in [6.45, 7) is 0. The third-order valence-electron chi connectivity index (χ3n) is 3.64. The number of rotatable bonds is 2. The molecule has 1 fully saturated rings. The van der Waals surface area contributed by atoms with E-state index in [1.54, 1.807) is 23.1 Å². The molecule has 1 saturated carbocycles. The van der Waals surface area contributed by atoms with Gasteiger partial charge in [0.2, 0.25) is 0 Å². The first-order valence-corrected chi connectivity index (χ1v) is 7.33. The molecule has 2 amide bonds. The van der Waals surface area contributed by atoms with Crippen LogP contribution in [0.15, 0.2) is 18.2 Å². The van der Waals surface area contributed by atoms with E-state index < -0.39 is 0 Å². The predicted octanol–water partition coefficient (Wildman–Crippen LogP) is 4.79. The molecule has 1 aromatic carbocycles. The van der Waals surface area contributed by atoms with Gasteiger partial charge in [0.15, 0.2) is 0 Å². The van der Waals surface area contributed by atoms with Crippen molar-refractivity contribution in [2.45, 2.75) is 38.1 Å². The molecule has 0 saturated heterocycles. The zero-order valence-electron chi connectivity index (χ0n) is 11.0. The lowest BCUT2D eigenvalue weighted by Crippen LogP contribution is -2.40. The van der Waals surface area contributed by atoms with Crippen molar-refractivity contribution >= 4 is 34.9 Å². The van der Waals surface area contributed by atoms with E-state index in [0.29, 0.717) is 21.8 Å².